The fraction of sp³-hybridized carbons (Fsp3) is 0.333. The molecule has 1 N–H and O–H groups in total. The number of carbonyl (C=O) groups excluding carboxylic acids is 1. The Morgan fingerprint density at radius 2 is 2.28 bits per heavy atom. The van der Waals surface area contributed by atoms with Crippen LogP contribution in [0.1, 0.15) is 36.3 Å². The number of hydrogen-bond donors (Lipinski definition) is 1. The third-order valence-corrected chi connectivity index (χ3v) is 4.64. The first kappa shape index (κ1) is 15.6. The van der Waals surface area contributed by atoms with Gasteiger partial charge in [0.25, 0.3) is 0 Å². The van der Waals surface area contributed by atoms with Crippen molar-refractivity contribution in [2.75, 3.05) is 5.32 Å². The van der Waals surface area contributed by atoms with Crippen molar-refractivity contribution >= 4 is 11.7 Å². The Kier molecular flexibility index (Phi) is 3.83. The van der Waals surface area contributed by atoms with Crippen molar-refractivity contribution in [3.63, 3.8) is 0 Å². The molecule has 7 heteroatoms. The Balaban J connectivity index is 1.56. The number of carbonyl (C=O) groups is 1. The Hall–Kier alpha value is -2.96. The molecule has 0 saturated carbocycles. The summed E-state index contributed by atoms with van der Waals surface area (Å²) in [5.74, 6) is 1.79. The number of benzene rings is 1. The molecule has 0 fully saturated rings. The summed E-state index contributed by atoms with van der Waals surface area (Å²) in [6.45, 7) is 1.98. The Morgan fingerprint density at radius 3 is 3.00 bits per heavy atom. The molecule has 0 saturated heterocycles. The lowest BCUT2D eigenvalue weighted by Crippen LogP contribution is -2.20. The monoisotopic (exact) mass is 337 g/mol. The zero-order valence-electron chi connectivity index (χ0n) is 14.2. The lowest BCUT2D eigenvalue weighted by Gasteiger charge is -2.12. The predicted octanol–water partition coefficient (Wildman–Crippen LogP) is 2.70. The Morgan fingerprint density at radius 1 is 1.40 bits per heavy atom. The van der Waals surface area contributed by atoms with Gasteiger partial charge in [0.05, 0.1) is 12.1 Å². The smallest absolute Gasteiger partial charge is 0.233 e. The molecule has 0 bridgehead atoms. The number of amides is 1. The van der Waals surface area contributed by atoms with Crippen molar-refractivity contribution in [1.82, 2.24) is 19.9 Å². The molecule has 1 aromatic carbocycles. The van der Waals surface area contributed by atoms with E-state index in [4.69, 9.17) is 4.52 Å². The Labute approximate surface area is 145 Å². The maximum absolute atomic E-state index is 12.6. The van der Waals surface area contributed by atoms with Gasteiger partial charge in [-0.05, 0) is 30.0 Å². The lowest BCUT2D eigenvalue weighted by atomic mass is 9.99. The van der Waals surface area contributed by atoms with Gasteiger partial charge in [-0.15, -0.1) is 0 Å². The van der Waals surface area contributed by atoms with Crippen LogP contribution in [0.25, 0.3) is 11.4 Å². The molecular formula is C18H19N5O2. The van der Waals surface area contributed by atoms with Gasteiger partial charge in [0.1, 0.15) is 5.82 Å². The second kappa shape index (κ2) is 6.16. The molecule has 0 spiro atoms. The predicted molar refractivity (Wildman–Crippen MR) is 92.0 cm³/mol. The first-order valence-corrected chi connectivity index (χ1v) is 8.40. The summed E-state index contributed by atoms with van der Waals surface area (Å²) in [5, 5.41) is 11.0. The van der Waals surface area contributed by atoms with Gasteiger partial charge in [-0.2, -0.15) is 10.1 Å². The highest BCUT2D eigenvalue weighted by Crippen LogP contribution is 2.36. The summed E-state index contributed by atoms with van der Waals surface area (Å²) >= 11 is 0. The molecule has 3 aromatic rings. The van der Waals surface area contributed by atoms with Gasteiger partial charge in [-0.3, -0.25) is 9.48 Å². The van der Waals surface area contributed by atoms with Gasteiger partial charge in [0, 0.05) is 25.1 Å². The lowest BCUT2D eigenvalue weighted by molar-refractivity contribution is -0.117. The summed E-state index contributed by atoms with van der Waals surface area (Å²) in [5.41, 5.74) is 3.17. The molecule has 1 aliphatic carbocycles. The van der Waals surface area contributed by atoms with Crippen LogP contribution < -0.4 is 5.32 Å². The first-order chi connectivity index (χ1) is 12.2. The van der Waals surface area contributed by atoms with Crippen LogP contribution in [0.2, 0.25) is 0 Å². The van der Waals surface area contributed by atoms with Crippen molar-refractivity contribution in [3.8, 4) is 11.4 Å². The van der Waals surface area contributed by atoms with Crippen LogP contribution >= 0.6 is 0 Å². The van der Waals surface area contributed by atoms with Gasteiger partial charge in [-0.1, -0.05) is 24.2 Å². The quantitative estimate of drug-likeness (QED) is 0.791. The summed E-state index contributed by atoms with van der Waals surface area (Å²) in [6, 6.07) is 7.82. The number of hydrogen-bond acceptors (Lipinski definition) is 5. The molecule has 128 valence electrons. The van der Waals surface area contributed by atoms with E-state index in [1.807, 2.05) is 19.1 Å². The second-order valence-corrected chi connectivity index (χ2v) is 6.20. The third-order valence-electron chi connectivity index (χ3n) is 4.64. The minimum Gasteiger partial charge on any atom is -0.339 e. The van der Waals surface area contributed by atoms with E-state index in [-0.39, 0.29) is 11.8 Å². The number of anilines is 1. The number of fused-ring (bicyclic) bond motifs is 1. The van der Waals surface area contributed by atoms with E-state index < -0.39 is 0 Å². The van der Waals surface area contributed by atoms with Crippen molar-refractivity contribution in [2.45, 2.75) is 32.1 Å². The maximum atomic E-state index is 12.6. The molecule has 1 unspecified atom stereocenters. The highest BCUT2D eigenvalue weighted by molar-refractivity contribution is 5.96. The van der Waals surface area contributed by atoms with Crippen molar-refractivity contribution in [2.24, 2.45) is 7.05 Å². The highest BCUT2D eigenvalue weighted by Gasteiger charge is 2.29. The van der Waals surface area contributed by atoms with Crippen molar-refractivity contribution in [1.29, 1.82) is 0 Å². The topological polar surface area (TPSA) is 85.8 Å². The largest absolute Gasteiger partial charge is 0.339 e. The van der Waals surface area contributed by atoms with Crippen molar-refractivity contribution < 1.29 is 9.32 Å². The average molecular weight is 337 g/mol. The number of aryl methyl sites for hydroxylation is 3. The number of nitrogens with one attached hydrogen (secondary N) is 1. The molecular weight excluding hydrogens is 318 g/mol. The molecule has 0 radical (unpaired) electrons. The highest BCUT2D eigenvalue weighted by atomic mass is 16.5. The fourth-order valence-electron chi connectivity index (χ4n) is 3.25. The van der Waals surface area contributed by atoms with Gasteiger partial charge < -0.3 is 9.84 Å². The zero-order valence-corrected chi connectivity index (χ0v) is 14.2. The van der Waals surface area contributed by atoms with E-state index in [0.29, 0.717) is 24.0 Å². The zero-order chi connectivity index (χ0) is 17.4. The number of rotatable bonds is 4. The fourth-order valence-corrected chi connectivity index (χ4v) is 3.25. The van der Waals surface area contributed by atoms with Crippen LogP contribution in [0.15, 0.2) is 35.0 Å². The van der Waals surface area contributed by atoms with Crippen molar-refractivity contribution in [3.05, 3.63) is 47.5 Å². The van der Waals surface area contributed by atoms with Gasteiger partial charge in [-0.25, -0.2) is 0 Å². The SMILES string of the molecule is CCc1nc(-c2ccc3c(c2)CCC3C(=O)Nc2ccnn2C)no1. The average Bonchev–Trinajstić information content (AvgIpc) is 3.34. The molecule has 7 nitrogen and oxygen atoms in total. The second-order valence-electron chi connectivity index (χ2n) is 6.20. The van der Waals surface area contributed by atoms with E-state index in [1.165, 1.54) is 5.56 Å². The van der Waals surface area contributed by atoms with Gasteiger partial charge in [0.15, 0.2) is 0 Å². The first-order valence-electron chi connectivity index (χ1n) is 8.40. The molecule has 1 aliphatic rings. The molecule has 2 aromatic heterocycles. The molecule has 1 amide bonds. The maximum Gasteiger partial charge on any atom is 0.233 e. The Bertz CT molecular complexity index is 927. The number of aromatic nitrogens is 4. The molecule has 1 atom stereocenters. The van der Waals surface area contributed by atoms with Gasteiger partial charge in [0.2, 0.25) is 17.6 Å². The van der Waals surface area contributed by atoms with Crippen LogP contribution in [0.3, 0.4) is 0 Å². The van der Waals surface area contributed by atoms with Gasteiger partial charge >= 0.3 is 0 Å². The van der Waals surface area contributed by atoms with E-state index >= 15 is 0 Å². The van der Waals surface area contributed by atoms with Crippen LogP contribution in [0, 0.1) is 0 Å². The van der Waals surface area contributed by atoms with E-state index in [2.05, 4.69) is 26.6 Å². The minimum absolute atomic E-state index is 0.00271. The summed E-state index contributed by atoms with van der Waals surface area (Å²) < 4.78 is 6.83. The summed E-state index contributed by atoms with van der Waals surface area (Å²) in [6.07, 6.45) is 4.05. The molecule has 4 rings (SSSR count). The van der Waals surface area contributed by atoms with E-state index in [1.54, 1.807) is 24.0 Å². The minimum atomic E-state index is -0.143. The molecule has 25 heavy (non-hydrogen) atoms. The van der Waals surface area contributed by atoms with Crippen LogP contribution in [-0.4, -0.2) is 25.8 Å². The van der Waals surface area contributed by atoms with E-state index in [9.17, 15) is 4.79 Å². The standard InChI is InChI=1S/C18H19N5O2/c1-3-16-21-17(22-25-16)12-5-6-13-11(10-12)4-7-14(13)18(24)20-15-8-9-19-23(15)2/h5-6,8-10,14H,3-4,7H2,1-2H3,(H,20,24). The van der Waals surface area contributed by atoms with Crippen LogP contribution in [0.4, 0.5) is 5.82 Å². The van der Waals surface area contributed by atoms with Crippen LogP contribution in [-0.2, 0) is 24.7 Å². The molecule has 0 aliphatic heterocycles. The number of nitrogens with zero attached hydrogens (tertiary/aromatic N) is 4. The van der Waals surface area contributed by atoms with E-state index in [0.717, 1.165) is 24.0 Å². The molecule has 2 heterocycles. The normalized spacial score (nSPS) is 16.0. The van der Waals surface area contributed by atoms with Crippen LogP contribution in [0.5, 0.6) is 0 Å². The summed E-state index contributed by atoms with van der Waals surface area (Å²) in [4.78, 5) is 17.0. The third kappa shape index (κ3) is 2.82. The summed E-state index contributed by atoms with van der Waals surface area (Å²) in [7, 11) is 1.81.